The lowest BCUT2D eigenvalue weighted by Gasteiger charge is -2.00. The molecule has 0 saturated heterocycles. The number of amides is 1. The second-order valence-corrected chi connectivity index (χ2v) is 9.15. The molecule has 1 amide bonds. The molecule has 0 fully saturated rings. The van der Waals surface area contributed by atoms with Gasteiger partial charge in [-0.15, -0.1) is 11.3 Å². The van der Waals surface area contributed by atoms with Crippen LogP contribution in [0.3, 0.4) is 0 Å². The third kappa shape index (κ3) is 5.94. The molecule has 0 bridgehead atoms. The van der Waals surface area contributed by atoms with Gasteiger partial charge in [0.1, 0.15) is 28.2 Å². The minimum absolute atomic E-state index is 0.00627. The average molecular weight is 525 g/mol. The topological polar surface area (TPSA) is 122 Å². The summed E-state index contributed by atoms with van der Waals surface area (Å²) in [5.74, 6) is -0.0966. The van der Waals surface area contributed by atoms with Crippen molar-refractivity contribution in [1.29, 1.82) is 5.26 Å². The second kappa shape index (κ2) is 10.5. The summed E-state index contributed by atoms with van der Waals surface area (Å²) < 4.78 is 5.66. The van der Waals surface area contributed by atoms with Crippen LogP contribution in [0.4, 0.5) is 10.8 Å². The maximum atomic E-state index is 12.6. The fourth-order valence-corrected chi connectivity index (χ4v) is 4.38. The first-order valence-corrected chi connectivity index (χ1v) is 11.6. The van der Waals surface area contributed by atoms with Gasteiger partial charge in [0.05, 0.1) is 4.92 Å². The highest BCUT2D eigenvalue weighted by Gasteiger charge is 2.16. The number of hydrogen-bond acceptors (Lipinski definition) is 7. The van der Waals surface area contributed by atoms with Crippen molar-refractivity contribution in [2.75, 3.05) is 5.32 Å². The number of hydrogen-bond donors (Lipinski definition) is 1. The summed E-state index contributed by atoms with van der Waals surface area (Å²) in [6.07, 6.45) is 3.54. The number of furan rings is 1. The van der Waals surface area contributed by atoms with Gasteiger partial charge >= 0.3 is 0 Å². The molecular weight excluding hydrogens is 511 g/mol. The summed E-state index contributed by atoms with van der Waals surface area (Å²) in [5.41, 5.74) is 0.988. The number of nitro benzene ring substituents is 1. The van der Waals surface area contributed by atoms with E-state index in [4.69, 9.17) is 27.6 Å². The highest BCUT2D eigenvalue weighted by Crippen LogP contribution is 2.31. The Labute approximate surface area is 213 Å². The quantitative estimate of drug-likeness (QED) is 0.123. The van der Waals surface area contributed by atoms with E-state index in [0.717, 1.165) is 10.4 Å². The molecule has 0 unspecified atom stereocenters. The lowest BCUT2D eigenvalue weighted by molar-refractivity contribution is -0.384. The van der Waals surface area contributed by atoms with E-state index in [1.54, 1.807) is 30.5 Å². The number of nitriles is 1. The van der Waals surface area contributed by atoms with Crippen molar-refractivity contribution in [2.24, 2.45) is 0 Å². The summed E-state index contributed by atoms with van der Waals surface area (Å²) in [6.45, 7) is 0. The summed E-state index contributed by atoms with van der Waals surface area (Å²) in [7, 11) is 0. The number of carbonyl (C=O) groups excluding carboxylic acids is 1. The monoisotopic (exact) mass is 524 g/mol. The predicted octanol–water partition coefficient (Wildman–Crippen LogP) is 6.75. The van der Waals surface area contributed by atoms with Crippen LogP contribution < -0.4 is 5.32 Å². The number of thiazole rings is 1. The maximum absolute atomic E-state index is 12.6. The van der Waals surface area contributed by atoms with Crippen molar-refractivity contribution in [3.63, 3.8) is 0 Å². The molecule has 0 saturated carbocycles. The summed E-state index contributed by atoms with van der Waals surface area (Å²) >= 11 is 13.2. The van der Waals surface area contributed by atoms with Crippen LogP contribution >= 0.6 is 34.5 Å². The Kier molecular flexibility index (Phi) is 7.27. The van der Waals surface area contributed by atoms with Crippen molar-refractivity contribution in [3.8, 4) is 17.4 Å². The van der Waals surface area contributed by atoms with E-state index in [1.165, 1.54) is 29.5 Å². The minimum Gasteiger partial charge on any atom is -0.457 e. The van der Waals surface area contributed by atoms with Crippen LogP contribution in [0.1, 0.15) is 16.2 Å². The molecule has 2 aromatic carbocycles. The summed E-state index contributed by atoms with van der Waals surface area (Å²) in [5, 5.41) is 24.2. The van der Waals surface area contributed by atoms with Crippen LogP contribution in [0.15, 0.2) is 70.8 Å². The molecule has 0 radical (unpaired) electrons. The summed E-state index contributed by atoms with van der Waals surface area (Å²) in [6, 6.07) is 16.7. The number of anilines is 1. The molecule has 8 nitrogen and oxygen atoms in total. The average Bonchev–Trinajstić information content (AvgIpc) is 3.47. The van der Waals surface area contributed by atoms with Crippen molar-refractivity contribution >= 4 is 57.3 Å². The van der Waals surface area contributed by atoms with Gasteiger partial charge in [-0.25, -0.2) is 4.98 Å². The molecule has 0 aliphatic carbocycles. The number of aromatic nitrogens is 1. The van der Waals surface area contributed by atoms with E-state index in [-0.39, 0.29) is 22.0 Å². The first-order valence-electron chi connectivity index (χ1n) is 9.99. The third-order valence-electron chi connectivity index (χ3n) is 4.75. The van der Waals surface area contributed by atoms with Gasteiger partial charge in [-0.05, 0) is 42.0 Å². The molecule has 0 aliphatic heterocycles. The van der Waals surface area contributed by atoms with E-state index >= 15 is 0 Å². The minimum atomic E-state index is -0.642. The zero-order valence-corrected chi connectivity index (χ0v) is 20.0. The van der Waals surface area contributed by atoms with E-state index < -0.39 is 10.8 Å². The fraction of sp³-hybridized carbons (Fsp3) is 0.0417. The van der Waals surface area contributed by atoms with Crippen LogP contribution in [0.2, 0.25) is 10.0 Å². The highest BCUT2D eigenvalue weighted by atomic mass is 35.5. The lowest BCUT2D eigenvalue weighted by Crippen LogP contribution is -2.13. The van der Waals surface area contributed by atoms with E-state index in [1.807, 2.05) is 24.3 Å². The van der Waals surface area contributed by atoms with Gasteiger partial charge in [0.2, 0.25) is 0 Å². The molecule has 0 atom stereocenters. The predicted molar refractivity (Wildman–Crippen MR) is 134 cm³/mol. The largest absolute Gasteiger partial charge is 0.457 e. The molecule has 1 N–H and O–H groups in total. The van der Waals surface area contributed by atoms with Crippen LogP contribution in [0, 0.1) is 21.4 Å². The van der Waals surface area contributed by atoms with Gasteiger partial charge in [0, 0.05) is 40.2 Å². The molecule has 4 aromatic rings. The number of halogens is 2. The number of nitrogens with zero attached hydrogens (tertiary/aromatic N) is 3. The van der Waals surface area contributed by atoms with Crippen molar-refractivity contribution in [1.82, 2.24) is 4.98 Å². The molecule has 35 heavy (non-hydrogen) atoms. The van der Waals surface area contributed by atoms with Gasteiger partial charge in [-0.3, -0.25) is 20.2 Å². The van der Waals surface area contributed by atoms with E-state index in [2.05, 4.69) is 10.3 Å². The van der Waals surface area contributed by atoms with Crippen molar-refractivity contribution in [3.05, 3.63) is 103 Å². The molecule has 0 spiro atoms. The standard InChI is InChI=1S/C24H14Cl2N4O4S/c25-17-3-1-2-14(8-17)9-19-13-28-24(35-19)29-23(31)16(12-27)10-18-5-7-22(34-18)15-4-6-20(26)21(11-15)30(32)33/h1-8,10-11,13H,9H2,(H,28,29,31). The first kappa shape index (κ1) is 24.2. The second-order valence-electron chi connectivity index (χ2n) is 7.19. The summed E-state index contributed by atoms with van der Waals surface area (Å²) in [4.78, 5) is 28.3. The maximum Gasteiger partial charge on any atom is 0.288 e. The van der Waals surface area contributed by atoms with E-state index in [0.29, 0.717) is 27.9 Å². The first-order chi connectivity index (χ1) is 16.8. The van der Waals surface area contributed by atoms with Gasteiger partial charge in [0.25, 0.3) is 11.6 Å². The SMILES string of the molecule is N#CC(=Cc1ccc(-c2ccc(Cl)c([N+](=O)[O-])c2)o1)C(=O)Nc1ncc(Cc2cccc(Cl)c2)s1. The zero-order valence-electron chi connectivity index (χ0n) is 17.7. The van der Waals surface area contributed by atoms with Crippen LogP contribution in [-0.2, 0) is 11.2 Å². The molecular formula is C24H14Cl2N4O4S. The van der Waals surface area contributed by atoms with Crippen LogP contribution in [0.25, 0.3) is 17.4 Å². The third-order valence-corrected chi connectivity index (χ3v) is 6.21. The number of nitrogens with one attached hydrogen (secondary N) is 1. The number of rotatable bonds is 7. The Balaban J connectivity index is 1.47. The van der Waals surface area contributed by atoms with Gasteiger partial charge in [-0.1, -0.05) is 35.3 Å². The molecule has 0 aliphatic rings. The lowest BCUT2D eigenvalue weighted by atomic mass is 10.1. The van der Waals surface area contributed by atoms with Gasteiger partial charge in [0.15, 0.2) is 5.13 Å². The molecule has 2 aromatic heterocycles. The number of nitro groups is 1. The Bertz CT molecular complexity index is 1500. The Morgan fingerprint density at radius 1 is 1.23 bits per heavy atom. The van der Waals surface area contributed by atoms with Crippen molar-refractivity contribution in [2.45, 2.75) is 6.42 Å². The molecule has 174 valence electrons. The Morgan fingerprint density at radius 2 is 2.06 bits per heavy atom. The molecule has 11 heteroatoms. The van der Waals surface area contributed by atoms with Crippen LogP contribution in [-0.4, -0.2) is 15.8 Å². The van der Waals surface area contributed by atoms with Crippen molar-refractivity contribution < 1.29 is 14.1 Å². The smallest absolute Gasteiger partial charge is 0.288 e. The van der Waals surface area contributed by atoms with Gasteiger partial charge in [-0.2, -0.15) is 5.26 Å². The zero-order chi connectivity index (χ0) is 24.9. The number of benzene rings is 2. The normalized spacial score (nSPS) is 11.2. The number of carbonyl (C=O) groups is 1. The fourth-order valence-electron chi connectivity index (χ4n) is 3.14. The highest BCUT2D eigenvalue weighted by molar-refractivity contribution is 7.15. The molecule has 4 rings (SSSR count). The Hall–Kier alpha value is -3.97. The van der Waals surface area contributed by atoms with Gasteiger partial charge < -0.3 is 4.42 Å². The Morgan fingerprint density at radius 3 is 2.80 bits per heavy atom. The van der Waals surface area contributed by atoms with E-state index in [9.17, 15) is 20.2 Å². The van der Waals surface area contributed by atoms with Crippen LogP contribution in [0.5, 0.6) is 0 Å². The molecule has 2 heterocycles.